The van der Waals surface area contributed by atoms with Gasteiger partial charge < -0.3 is 15.8 Å². The van der Waals surface area contributed by atoms with Gasteiger partial charge in [0.05, 0.1) is 12.1 Å². The van der Waals surface area contributed by atoms with Crippen LogP contribution in [0.25, 0.3) is 0 Å². The summed E-state index contributed by atoms with van der Waals surface area (Å²) in [5, 5.41) is 2.31. The predicted octanol–water partition coefficient (Wildman–Crippen LogP) is 0.560. The Morgan fingerprint density at radius 1 is 1.47 bits per heavy atom. The summed E-state index contributed by atoms with van der Waals surface area (Å²) in [6.07, 6.45) is -4.33. The van der Waals surface area contributed by atoms with Gasteiger partial charge in [0, 0.05) is 18.6 Å². The van der Waals surface area contributed by atoms with Gasteiger partial charge in [0.25, 0.3) is 0 Å². The first kappa shape index (κ1) is 12.6. The molecule has 1 amide bonds. The summed E-state index contributed by atoms with van der Waals surface area (Å²) < 4.78 is 41.4. The molecule has 2 rings (SSSR count). The summed E-state index contributed by atoms with van der Waals surface area (Å²) in [6.45, 7) is 0.583. The Morgan fingerprint density at radius 2 is 2.18 bits per heavy atom. The van der Waals surface area contributed by atoms with Gasteiger partial charge >= 0.3 is 6.18 Å². The molecule has 98 valence electrons. The van der Waals surface area contributed by atoms with Gasteiger partial charge in [0.15, 0.2) is 0 Å². The van der Waals surface area contributed by atoms with Gasteiger partial charge in [-0.3, -0.25) is 4.79 Å². The second kappa shape index (κ2) is 4.45. The highest BCUT2D eigenvalue weighted by Gasteiger charge is 2.51. The Balaban J connectivity index is 1.85. The van der Waals surface area contributed by atoms with Crippen LogP contribution in [0.15, 0.2) is 0 Å². The molecule has 1 aliphatic heterocycles. The van der Waals surface area contributed by atoms with Gasteiger partial charge in [-0.1, -0.05) is 0 Å². The first-order valence-electron chi connectivity index (χ1n) is 5.62. The molecule has 3 N–H and O–H groups in total. The van der Waals surface area contributed by atoms with Crippen molar-refractivity contribution in [2.45, 2.75) is 43.6 Å². The minimum atomic E-state index is -4.48. The van der Waals surface area contributed by atoms with Gasteiger partial charge in [-0.25, -0.2) is 0 Å². The lowest BCUT2D eigenvalue weighted by atomic mass is 9.68. The minimum Gasteiger partial charge on any atom is -0.376 e. The molecule has 1 saturated heterocycles. The molecule has 0 aromatic rings. The fraction of sp³-hybridized carbons (Fsp3) is 0.900. The lowest BCUT2D eigenvalue weighted by Crippen LogP contribution is -2.72. The number of ether oxygens (including phenoxy) is 1. The molecule has 7 heteroatoms. The second-order valence-electron chi connectivity index (χ2n) is 4.60. The maximum Gasteiger partial charge on any atom is 0.397 e. The monoisotopic (exact) mass is 252 g/mol. The maximum absolute atomic E-state index is 12.0. The third-order valence-electron chi connectivity index (χ3n) is 3.37. The lowest BCUT2D eigenvalue weighted by molar-refractivity contribution is -0.161. The highest BCUT2D eigenvalue weighted by atomic mass is 19.4. The van der Waals surface area contributed by atoms with E-state index in [0.717, 1.165) is 12.8 Å². The lowest BCUT2D eigenvalue weighted by Gasteiger charge is -2.52. The van der Waals surface area contributed by atoms with Crippen LogP contribution in [0.2, 0.25) is 0 Å². The van der Waals surface area contributed by atoms with Gasteiger partial charge in [0.1, 0.15) is 6.42 Å². The van der Waals surface area contributed by atoms with E-state index in [1.165, 1.54) is 0 Å². The summed E-state index contributed by atoms with van der Waals surface area (Å²) in [6, 6.07) is -0.771. The van der Waals surface area contributed by atoms with Crippen molar-refractivity contribution in [3.63, 3.8) is 0 Å². The van der Waals surface area contributed by atoms with E-state index in [1.807, 2.05) is 0 Å². The number of nitrogens with two attached hydrogens (primary N) is 1. The summed E-state index contributed by atoms with van der Waals surface area (Å²) in [7, 11) is 0. The van der Waals surface area contributed by atoms with Gasteiger partial charge in [-0.05, 0) is 12.8 Å². The molecule has 17 heavy (non-hydrogen) atoms. The number of carbonyl (C=O) groups is 1. The molecule has 0 aromatic carbocycles. The normalized spacial score (nSPS) is 36.9. The van der Waals surface area contributed by atoms with Crippen LogP contribution in [-0.2, 0) is 9.53 Å². The van der Waals surface area contributed by atoms with Crippen LogP contribution >= 0.6 is 0 Å². The molecular formula is C10H15F3N2O2. The zero-order valence-electron chi connectivity index (χ0n) is 9.17. The van der Waals surface area contributed by atoms with Crippen LogP contribution < -0.4 is 11.1 Å². The molecule has 4 unspecified atom stereocenters. The van der Waals surface area contributed by atoms with Crippen LogP contribution in [-0.4, -0.2) is 36.9 Å². The smallest absolute Gasteiger partial charge is 0.376 e. The summed E-state index contributed by atoms with van der Waals surface area (Å²) in [5.74, 6) is -0.870. The van der Waals surface area contributed by atoms with Crippen LogP contribution in [0.5, 0.6) is 0 Å². The number of hydrogen-bond acceptors (Lipinski definition) is 3. The summed E-state index contributed by atoms with van der Waals surface area (Å²) in [4.78, 5) is 11.1. The molecule has 2 aliphatic rings. The first-order chi connectivity index (χ1) is 7.88. The van der Waals surface area contributed by atoms with Crippen LogP contribution in [0.3, 0.4) is 0 Å². The van der Waals surface area contributed by atoms with E-state index in [4.69, 9.17) is 10.5 Å². The molecule has 2 fully saturated rings. The molecule has 4 nitrogen and oxygen atoms in total. The molecule has 1 heterocycles. The zero-order chi connectivity index (χ0) is 12.6. The summed E-state index contributed by atoms with van der Waals surface area (Å²) in [5.41, 5.74) is 5.81. The van der Waals surface area contributed by atoms with Gasteiger partial charge in [0.2, 0.25) is 5.91 Å². The van der Waals surface area contributed by atoms with Crippen molar-refractivity contribution < 1.29 is 22.7 Å². The van der Waals surface area contributed by atoms with Gasteiger partial charge in [-0.15, -0.1) is 0 Å². The molecule has 0 aromatic heterocycles. The quantitative estimate of drug-likeness (QED) is 0.754. The minimum absolute atomic E-state index is 0.167. The van der Waals surface area contributed by atoms with Crippen molar-refractivity contribution in [1.82, 2.24) is 5.32 Å². The summed E-state index contributed by atoms with van der Waals surface area (Å²) >= 11 is 0. The number of fused-ring (bicyclic) bond motifs is 1. The number of amides is 1. The molecule has 0 spiro atoms. The fourth-order valence-electron chi connectivity index (χ4n) is 2.54. The first-order valence-corrected chi connectivity index (χ1v) is 5.62. The molecule has 1 aliphatic carbocycles. The Hall–Kier alpha value is -0.820. The fourth-order valence-corrected chi connectivity index (χ4v) is 2.54. The van der Waals surface area contributed by atoms with E-state index in [0.29, 0.717) is 6.61 Å². The Labute approximate surface area is 96.7 Å². The number of hydrogen-bond donors (Lipinski definition) is 2. The largest absolute Gasteiger partial charge is 0.397 e. The SMILES string of the molecule is NC1C2CCCOC2C1NC(=O)CC(F)(F)F. The Bertz CT molecular complexity index is 308. The van der Waals surface area contributed by atoms with Gasteiger partial charge in [-0.2, -0.15) is 13.2 Å². The Kier molecular flexibility index (Phi) is 3.31. The van der Waals surface area contributed by atoms with Crippen LogP contribution in [0, 0.1) is 5.92 Å². The molecule has 0 radical (unpaired) electrons. The van der Waals surface area contributed by atoms with E-state index in [-0.39, 0.29) is 18.1 Å². The highest BCUT2D eigenvalue weighted by molar-refractivity contribution is 5.77. The standard InChI is InChI=1S/C10H15F3N2O2/c11-10(12,13)4-6(16)15-8-7(14)5-2-1-3-17-9(5)8/h5,7-9H,1-4,14H2,(H,15,16). The maximum atomic E-state index is 12.0. The van der Waals surface area contributed by atoms with Crippen molar-refractivity contribution in [2.24, 2.45) is 11.7 Å². The number of carbonyl (C=O) groups excluding carboxylic acids is 1. The third kappa shape index (κ3) is 2.71. The van der Waals surface area contributed by atoms with E-state index >= 15 is 0 Å². The molecular weight excluding hydrogens is 237 g/mol. The van der Waals surface area contributed by atoms with Crippen molar-refractivity contribution in [2.75, 3.05) is 6.61 Å². The molecule has 1 saturated carbocycles. The van der Waals surface area contributed by atoms with Crippen molar-refractivity contribution in [1.29, 1.82) is 0 Å². The van der Waals surface area contributed by atoms with E-state index in [2.05, 4.69) is 5.32 Å². The average Bonchev–Trinajstić information content (AvgIpc) is 2.23. The van der Waals surface area contributed by atoms with Crippen molar-refractivity contribution >= 4 is 5.91 Å². The highest BCUT2D eigenvalue weighted by Crippen LogP contribution is 2.37. The number of rotatable bonds is 2. The molecule has 4 atom stereocenters. The van der Waals surface area contributed by atoms with Crippen LogP contribution in [0.4, 0.5) is 13.2 Å². The van der Waals surface area contributed by atoms with Crippen molar-refractivity contribution in [3.05, 3.63) is 0 Å². The Morgan fingerprint density at radius 3 is 2.82 bits per heavy atom. The zero-order valence-corrected chi connectivity index (χ0v) is 9.17. The topological polar surface area (TPSA) is 64.3 Å². The third-order valence-corrected chi connectivity index (χ3v) is 3.37. The predicted molar refractivity (Wildman–Crippen MR) is 53.0 cm³/mol. The van der Waals surface area contributed by atoms with E-state index < -0.39 is 24.5 Å². The molecule has 0 bridgehead atoms. The van der Waals surface area contributed by atoms with E-state index in [1.54, 1.807) is 0 Å². The number of alkyl halides is 3. The number of nitrogens with one attached hydrogen (secondary N) is 1. The van der Waals surface area contributed by atoms with E-state index in [9.17, 15) is 18.0 Å². The van der Waals surface area contributed by atoms with Crippen LogP contribution in [0.1, 0.15) is 19.3 Å². The average molecular weight is 252 g/mol. The second-order valence-corrected chi connectivity index (χ2v) is 4.60. The van der Waals surface area contributed by atoms with Crippen molar-refractivity contribution in [3.8, 4) is 0 Å². The number of halogens is 3.